The molecule has 0 bridgehead atoms. The first-order chi connectivity index (χ1) is 5.66. The predicted molar refractivity (Wildman–Crippen MR) is 55.5 cm³/mol. The maximum atomic E-state index is 3.44. The van der Waals surface area contributed by atoms with Gasteiger partial charge < -0.3 is 10.6 Å². The highest BCUT2D eigenvalue weighted by Gasteiger charge is 1.98. The van der Waals surface area contributed by atoms with E-state index >= 15 is 0 Å². The molecular formula is C10H24N2. The second kappa shape index (κ2) is 7.56. The van der Waals surface area contributed by atoms with Gasteiger partial charge in [0.1, 0.15) is 0 Å². The zero-order valence-electron chi connectivity index (χ0n) is 8.98. The topological polar surface area (TPSA) is 24.1 Å². The normalized spacial score (nSPS) is 13.8. The van der Waals surface area contributed by atoms with E-state index in [1.165, 1.54) is 6.42 Å². The zero-order valence-corrected chi connectivity index (χ0v) is 8.98. The van der Waals surface area contributed by atoms with Crippen LogP contribution in [0.2, 0.25) is 0 Å². The Hall–Kier alpha value is -0.0800. The van der Waals surface area contributed by atoms with Crippen molar-refractivity contribution in [2.24, 2.45) is 5.92 Å². The van der Waals surface area contributed by atoms with E-state index < -0.39 is 0 Å². The number of nitrogens with one attached hydrogen (secondary N) is 2. The summed E-state index contributed by atoms with van der Waals surface area (Å²) in [6, 6.07) is 0.599. The molecule has 0 aliphatic rings. The summed E-state index contributed by atoms with van der Waals surface area (Å²) in [4.78, 5) is 0. The third-order valence-corrected chi connectivity index (χ3v) is 1.90. The number of rotatable bonds is 7. The van der Waals surface area contributed by atoms with Gasteiger partial charge in [0.2, 0.25) is 0 Å². The van der Waals surface area contributed by atoms with E-state index in [1.807, 2.05) is 0 Å². The van der Waals surface area contributed by atoms with Gasteiger partial charge in [-0.15, -0.1) is 0 Å². The van der Waals surface area contributed by atoms with Crippen LogP contribution in [0.3, 0.4) is 0 Å². The standard InChI is InChI=1S/C10H24N2/c1-5-12-10(4)8-11-7-6-9(2)3/h9-12H,5-8H2,1-4H3. The second-order valence-electron chi connectivity index (χ2n) is 3.85. The smallest absolute Gasteiger partial charge is 0.0164 e. The Balaban J connectivity index is 3.08. The van der Waals surface area contributed by atoms with Crippen LogP contribution in [0.25, 0.3) is 0 Å². The minimum Gasteiger partial charge on any atom is -0.315 e. The molecule has 0 aliphatic heterocycles. The Morgan fingerprint density at radius 1 is 1.17 bits per heavy atom. The van der Waals surface area contributed by atoms with Crippen LogP contribution in [0.15, 0.2) is 0 Å². The fraction of sp³-hybridized carbons (Fsp3) is 1.00. The maximum absolute atomic E-state index is 3.44. The van der Waals surface area contributed by atoms with Gasteiger partial charge in [0.05, 0.1) is 0 Å². The summed E-state index contributed by atoms with van der Waals surface area (Å²) in [5.41, 5.74) is 0. The van der Waals surface area contributed by atoms with Gasteiger partial charge in [0.15, 0.2) is 0 Å². The van der Waals surface area contributed by atoms with Gasteiger partial charge >= 0.3 is 0 Å². The molecule has 0 amide bonds. The Labute approximate surface area is 77.1 Å². The van der Waals surface area contributed by atoms with Crippen molar-refractivity contribution in [3.8, 4) is 0 Å². The zero-order chi connectivity index (χ0) is 9.40. The lowest BCUT2D eigenvalue weighted by molar-refractivity contribution is 0.483. The van der Waals surface area contributed by atoms with Gasteiger partial charge in [-0.2, -0.15) is 0 Å². The van der Waals surface area contributed by atoms with Crippen LogP contribution in [0.5, 0.6) is 0 Å². The summed E-state index contributed by atoms with van der Waals surface area (Å²) in [5, 5.41) is 6.81. The highest BCUT2D eigenvalue weighted by Crippen LogP contribution is 1.95. The highest BCUT2D eigenvalue weighted by atomic mass is 15.0. The van der Waals surface area contributed by atoms with Crippen LogP contribution in [0, 0.1) is 5.92 Å². The van der Waals surface area contributed by atoms with Gasteiger partial charge in [0.25, 0.3) is 0 Å². The Morgan fingerprint density at radius 3 is 2.33 bits per heavy atom. The van der Waals surface area contributed by atoms with E-state index in [2.05, 4.69) is 38.3 Å². The number of likely N-dealkylation sites (N-methyl/N-ethyl adjacent to an activating group) is 1. The summed E-state index contributed by atoms with van der Waals surface area (Å²) < 4.78 is 0. The summed E-state index contributed by atoms with van der Waals surface area (Å²) >= 11 is 0. The molecule has 0 spiro atoms. The van der Waals surface area contributed by atoms with Crippen molar-refractivity contribution < 1.29 is 0 Å². The Kier molecular flexibility index (Phi) is 7.51. The van der Waals surface area contributed by atoms with Crippen LogP contribution in [-0.2, 0) is 0 Å². The largest absolute Gasteiger partial charge is 0.315 e. The van der Waals surface area contributed by atoms with Gasteiger partial charge in [-0.1, -0.05) is 20.8 Å². The van der Waals surface area contributed by atoms with Crippen LogP contribution < -0.4 is 10.6 Å². The Bertz CT molecular complexity index is 91.8. The third-order valence-electron chi connectivity index (χ3n) is 1.90. The third kappa shape index (κ3) is 8.02. The fourth-order valence-corrected chi connectivity index (χ4v) is 1.13. The first kappa shape index (κ1) is 11.9. The quantitative estimate of drug-likeness (QED) is 0.570. The van der Waals surface area contributed by atoms with Crippen molar-refractivity contribution in [1.29, 1.82) is 0 Å². The Morgan fingerprint density at radius 2 is 1.83 bits per heavy atom. The maximum Gasteiger partial charge on any atom is 0.0164 e. The molecule has 0 rings (SSSR count). The van der Waals surface area contributed by atoms with Crippen LogP contribution in [0.1, 0.15) is 34.1 Å². The highest BCUT2D eigenvalue weighted by molar-refractivity contribution is 4.62. The lowest BCUT2D eigenvalue weighted by Crippen LogP contribution is -2.36. The average molecular weight is 172 g/mol. The molecule has 0 aromatic rings. The monoisotopic (exact) mass is 172 g/mol. The van der Waals surface area contributed by atoms with Crippen LogP contribution in [0.4, 0.5) is 0 Å². The molecule has 0 saturated heterocycles. The van der Waals surface area contributed by atoms with Gasteiger partial charge in [-0.05, 0) is 32.4 Å². The van der Waals surface area contributed by atoms with Gasteiger partial charge in [-0.3, -0.25) is 0 Å². The molecule has 0 saturated carbocycles. The molecule has 1 unspecified atom stereocenters. The molecule has 2 nitrogen and oxygen atoms in total. The molecule has 2 N–H and O–H groups in total. The lowest BCUT2D eigenvalue weighted by atomic mass is 10.1. The van der Waals surface area contributed by atoms with Crippen molar-refractivity contribution in [2.75, 3.05) is 19.6 Å². The first-order valence-electron chi connectivity index (χ1n) is 5.10. The average Bonchev–Trinajstić information content (AvgIpc) is 1.98. The molecule has 0 aromatic heterocycles. The second-order valence-corrected chi connectivity index (χ2v) is 3.85. The summed E-state index contributed by atoms with van der Waals surface area (Å²) in [6.07, 6.45) is 1.28. The first-order valence-corrected chi connectivity index (χ1v) is 5.10. The predicted octanol–water partition coefficient (Wildman–Crippen LogP) is 1.62. The summed E-state index contributed by atoms with van der Waals surface area (Å²) in [5.74, 6) is 0.812. The molecule has 0 aliphatic carbocycles. The van der Waals surface area contributed by atoms with E-state index in [0.29, 0.717) is 6.04 Å². The molecule has 0 radical (unpaired) electrons. The minimum absolute atomic E-state index is 0.599. The molecule has 0 aromatic carbocycles. The molecule has 0 heterocycles. The van der Waals surface area contributed by atoms with Gasteiger partial charge in [-0.25, -0.2) is 0 Å². The summed E-state index contributed by atoms with van der Waals surface area (Å²) in [6.45, 7) is 12.2. The molecule has 74 valence electrons. The van der Waals surface area contributed by atoms with Gasteiger partial charge in [0, 0.05) is 12.6 Å². The molecular weight excluding hydrogens is 148 g/mol. The van der Waals surface area contributed by atoms with Crippen LogP contribution in [-0.4, -0.2) is 25.7 Å². The molecule has 2 heteroatoms. The van der Waals surface area contributed by atoms with E-state index in [9.17, 15) is 0 Å². The van der Waals surface area contributed by atoms with Crippen molar-refractivity contribution in [2.45, 2.75) is 40.2 Å². The van der Waals surface area contributed by atoms with E-state index in [0.717, 1.165) is 25.6 Å². The van der Waals surface area contributed by atoms with E-state index in [-0.39, 0.29) is 0 Å². The lowest BCUT2D eigenvalue weighted by Gasteiger charge is -2.13. The molecule has 0 fully saturated rings. The minimum atomic E-state index is 0.599. The number of hydrogen-bond acceptors (Lipinski definition) is 2. The molecule has 1 atom stereocenters. The van der Waals surface area contributed by atoms with Crippen molar-refractivity contribution in [3.05, 3.63) is 0 Å². The van der Waals surface area contributed by atoms with Crippen molar-refractivity contribution >= 4 is 0 Å². The SMILES string of the molecule is CCNC(C)CNCCC(C)C. The summed E-state index contributed by atoms with van der Waals surface area (Å²) in [7, 11) is 0. The van der Waals surface area contributed by atoms with Crippen molar-refractivity contribution in [3.63, 3.8) is 0 Å². The molecule has 12 heavy (non-hydrogen) atoms. The van der Waals surface area contributed by atoms with E-state index in [1.54, 1.807) is 0 Å². The number of hydrogen-bond donors (Lipinski definition) is 2. The van der Waals surface area contributed by atoms with Crippen molar-refractivity contribution in [1.82, 2.24) is 10.6 Å². The van der Waals surface area contributed by atoms with E-state index in [4.69, 9.17) is 0 Å². The fourth-order valence-electron chi connectivity index (χ4n) is 1.13. The van der Waals surface area contributed by atoms with Crippen LogP contribution >= 0.6 is 0 Å².